The zero-order valence-electron chi connectivity index (χ0n) is 9.30. The van der Waals surface area contributed by atoms with Crippen molar-refractivity contribution in [2.24, 2.45) is 0 Å². The maximum absolute atomic E-state index is 11.3. The first-order chi connectivity index (χ1) is 7.75. The number of β-amino-alcohol motifs (C(OH)–C–C–N with tert-alkyl or cyclic N) is 1. The molecule has 2 rings (SSSR count). The fourth-order valence-electron chi connectivity index (χ4n) is 1.93. The molecule has 0 radical (unpaired) electrons. The molecule has 2 heterocycles. The molecule has 1 unspecified atom stereocenters. The lowest BCUT2D eigenvalue weighted by molar-refractivity contribution is -0.168. The quantitative estimate of drug-likeness (QED) is 0.660. The van der Waals surface area contributed by atoms with E-state index in [0.29, 0.717) is 32.8 Å². The van der Waals surface area contributed by atoms with Crippen LogP contribution in [0.3, 0.4) is 0 Å². The van der Waals surface area contributed by atoms with Gasteiger partial charge in [0.1, 0.15) is 0 Å². The highest BCUT2D eigenvalue weighted by Crippen LogP contribution is 2.08. The van der Waals surface area contributed by atoms with E-state index in [0.717, 1.165) is 13.1 Å². The molecule has 1 atom stereocenters. The Hall–Kier alpha value is -0.690. The predicted molar refractivity (Wildman–Crippen MR) is 55.5 cm³/mol. The van der Waals surface area contributed by atoms with E-state index >= 15 is 0 Å². The second kappa shape index (κ2) is 5.58. The molecular formula is C10H18N2O4. The highest BCUT2D eigenvalue weighted by molar-refractivity contribution is 5.76. The van der Waals surface area contributed by atoms with Gasteiger partial charge < -0.3 is 9.84 Å². The third-order valence-corrected chi connectivity index (χ3v) is 2.79. The predicted octanol–water partition coefficient (Wildman–Crippen LogP) is -1.16. The van der Waals surface area contributed by atoms with Gasteiger partial charge in [0.2, 0.25) is 5.91 Å². The van der Waals surface area contributed by atoms with Crippen molar-refractivity contribution >= 4 is 5.91 Å². The van der Waals surface area contributed by atoms with Crippen LogP contribution in [-0.2, 0) is 14.4 Å². The van der Waals surface area contributed by atoms with Gasteiger partial charge in [-0.15, -0.1) is 0 Å². The Morgan fingerprint density at radius 3 is 2.62 bits per heavy atom. The van der Waals surface area contributed by atoms with Crippen LogP contribution in [0.5, 0.6) is 0 Å². The number of rotatable bonds is 4. The van der Waals surface area contributed by atoms with Crippen molar-refractivity contribution in [2.45, 2.75) is 12.5 Å². The van der Waals surface area contributed by atoms with Gasteiger partial charge >= 0.3 is 0 Å². The van der Waals surface area contributed by atoms with E-state index in [1.165, 1.54) is 5.06 Å². The molecule has 0 aromatic carbocycles. The van der Waals surface area contributed by atoms with Gasteiger partial charge in [-0.05, 0) is 0 Å². The van der Waals surface area contributed by atoms with E-state index in [1.54, 1.807) is 0 Å². The number of ether oxygens (including phenoxy) is 1. The minimum absolute atomic E-state index is 0.0407. The maximum atomic E-state index is 11.3. The van der Waals surface area contributed by atoms with E-state index < -0.39 is 6.10 Å². The molecule has 2 aliphatic rings. The van der Waals surface area contributed by atoms with Gasteiger partial charge in [0.25, 0.3) is 0 Å². The van der Waals surface area contributed by atoms with Gasteiger partial charge in [0, 0.05) is 19.6 Å². The first-order valence-corrected chi connectivity index (χ1v) is 5.67. The van der Waals surface area contributed by atoms with Crippen molar-refractivity contribution < 1.29 is 19.5 Å². The molecule has 0 aromatic heterocycles. The summed E-state index contributed by atoms with van der Waals surface area (Å²) in [6, 6.07) is 0. The van der Waals surface area contributed by atoms with Crippen molar-refractivity contribution in [1.82, 2.24) is 9.96 Å². The molecule has 6 heteroatoms. The van der Waals surface area contributed by atoms with Crippen LogP contribution in [0.1, 0.15) is 6.42 Å². The molecule has 2 aliphatic heterocycles. The molecule has 0 saturated carbocycles. The summed E-state index contributed by atoms with van der Waals surface area (Å²) in [5.74, 6) is -0.0407. The van der Waals surface area contributed by atoms with Crippen molar-refractivity contribution in [3.8, 4) is 0 Å². The lowest BCUT2D eigenvalue weighted by atomic mass is 10.3. The minimum atomic E-state index is -0.555. The summed E-state index contributed by atoms with van der Waals surface area (Å²) in [6.07, 6.45) is -0.135. The van der Waals surface area contributed by atoms with Crippen LogP contribution >= 0.6 is 0 Å². The molecule has 0 bridgehead atoms. The zero-order valence-corrected chi connectivity index (χ0v) is 9.30. The zero-order chi connectivity index (χ0) is 11.4. The Morgan fingerprint density at radius 1 is 1.25 bits per heavy atom. The fourth-order valence-corrected chi connectivity index (χ4v) is 1.93. The number of aliphatic hydroxyl groups excluding tert-OH is 1. The highest BCUT2D eigenvalue weighted by atomic mass is 16.7. The molecule has 1 amide bonds. The van der Waals surface area contributed by atoms with Crippen LogP contribution in [0, 0.1) is 0 Å². The molecule has 0 aliphatic carbocycles. The van der Waals surface area contributed by atoms with Crippen molar-refractivity contribution in [3.63, 3.8) is 0 Å². The van der Waals surface area contributed by atoms with Crippen LogP contribution in [0.15, 0.2) is 0 Å². The van der Waals surface area contributed by atoms with Gasteiger partial charge in [-0.1, -0.05) is 0 Å². The molecule has 0 spiro atoms. The topological polar surface area (TPSA) is 62.2 Å². The molecule has 16 heavy (non-hydrogen) atoms. The summed E-state index contributed by atoms with van der Waals surface area (Å²) in [6.45, 7) is 4.37. The number of aliphatic hydroxyl groups is 1. The summed E-state index contributed by atoms with van der Waals surface area (Å²) in [4.78, 5) is 18.5. The summed E-state index contributed by atoms with van der Waals surface area (Å²) in [5.41, 5.74) is 0. The van der Waals surface area contributed by atoms with Crippen LogP contribution in [0.2, 0.25) is 0 Å². The minimum Gasteiger partial charge on any atom is -0.390 e. The lowest BCUT2D eigenvalue weighted by Crippen LogP contribution is -2.44. The third-order valence-electron chi connectivity index (χ3n) is 2.79. The first-order valence-electron chi connectivity index (χ1n) is 5.67. The van der Waals surface area contributed by atoms with Gasteiger partial charge in [-0.25, -0.2) is 5.06 Å². The first kappa shape index (κ1) is 11.8. The summed E-state index contributed by atoms with van der Waals surface area (Å²) in [7, 11) is 0. The van der Waals surface area contributed by atoms with Crippen molar-refractivity contribution in [3.05, 3.63) is 0 Å². The van der Waals surface area contributed by atoms with Crippen LogP contribution < -0.4 is 0 Å². The Balaban J connectivity index is 1.70. The van der Waals surface area contributed by atoms with E-state index in [4.69, 9.17) is 9.57 Å². The average molecular weight is 230 g/mol. The number of morpholine rings is 1. The van der Waals surface area contributed by atoms with E-state index in [-0.39, 0.29) is 12.5 Å². The molecule has 2 saturated heterocycles. The SMILES string of the molecule is O=C1CCON1CC(O)CN1CCOCC1. The van der Waals surface area contributed by atoms with Crippen LogP contribution in [0.4, 0.5) is 0 Å². The van der Waals surface area contributed by atoms with Gasteiger partial charge in [-0.2, -0.15) is 0 Å². The second-order valence-corrected chi connectivity index (χ2v) is 4.10. The summed E-state index contributed by atoms with van der Waals surface area (Å²) in [5, 5.41) is 11.1. The van der Waals surface area contributed by atoms with Crippen molar-refractivity contribution in [1.29, 1.82) is 0 Å². The molecule has 0 aromatic rings. The maximum Gasteiger partial charge on any atom is 0.248 e. The lowest BCUT2D eigenvalue weighted by Gasteiger charge is -2.29. The Bertz CT molecular complexity index is 243. The van der Waals surface area contributed by atoms with Gasteiger partial charge in [0.05, 0.1) is 38.9 Å². The molecular weight excluding hydrogens is 212 g/mol. The van der Waals surface area contributed by atoms with E-state index in [9.17, 15) is 9.90 Å². The second-order valence-electron chi connectivity index (χ2n) is 4.10. The normalized spacial score (nSPS) is 25.1. The van der Waals surface area contributed by atoms with Crippen molar-refractivity contribution in [2.75, 3.05) is 46.0 Å². The summed E-state index contributed by atoms with van der Waals surface area (Å²) < 4.78 is 5.22. The molecule has 2 fully saturated rings. The molecule has 1 N–H and O–H groups in total. The van der Waals surface area contributed by atoms with Crippen LogP contribution in [-0.4, -0.2) is 73.1 Å². The third kappa shape index (κ3) is 3.15. The van der Waals surface area contributed by atoms with Gasteiger partial charge in [-0.3, -0.25) is 14.5 Å². The summed E-state index contributed by atoms with van der Waals surface area (Å²) >= 11 is 0. The standard InChI is InChI=1S/C10H18N2O4/c13-9(7-11-2-5-15-6-3-11)8-12-10(14)1-4-16-12/h9,13H,1-8H2. The number of amides is 1. The van der Waals surface area contributed by atoms with Crippen LogP contribution in [0.25, 0.3) is 0 Å². The van der Waals surface area contributed by atoms with Gasteiger partial charge in [0.15, 0.2) is 0 Å². The van der Waals surface area contributed by atoms with E-state index in [1.807, 2.05) is 0 Å². The number of carbonyl (C=O) groups is 1. The number of hydrogen-bond acceptors (Lipinski definition) is 5. The Labute approximate surface area is 94.7 Å². The number of hydroxylamine groups is 2. The smallest absolute Gasteiger partial charge is 0.248 e. The molecule has 6 nitrogen and oxygen atoms in total. The largest absolute Gasteiger partial charge is 0.390 e. The number of nitrogens with zero attached hydrogens (tertiary/aromatic N) is 2. The number of hydrogen-bond donors (Lipinski definition) is 1. The Morgan fingerprint density at radius 2 is 2.00 bits per heavy atom. The monoisotopic (exact) mass is 230 g/mol. The number of carbonyl (C=O) groups excluding carboxylic acids is 1. The van der Waals surface area contributed by atoms with E-state index in [2.05, 4.69) is 4.90 Å². The fraction of sp³-hybridized carbons (Fsp3) is 0.900. The average Bonchev–Trinajstić information content (AvgIpc) is 2.66. The highest BCUT2D eigenvalue weighted by Gasteiger charge is 2.25. The molecule has 92 valence electrons. The Kier molecular flexibility index (Phi) is 4.11.